The van der Waals surface area contributed by atoms with Crippen LogP contribution in [0.15, 0.2) is 12.1 Å². The highest BCUT2D eigenvalue weighted by Crippen LogP contribution is 2.32. The monoisotopic (exact) mass is 236 g/mol. The SMILES string of the molecule is CCC(OC)c1cc(O)c2c(c1)CCOC2=O. The zero-order valence-corrected chi connectivity index (χ0v) is 10.0. The van der Waals surface area contributed by atoms with Crippen LogP contribution in [0.1, 0.15) is 40.9 Å². The number of esters is 1. The van der Waals surface area contributed by atoms with Gasteiger partial charge in [0.25, 0.3) is 0 Å². The van der Waals surface area contributed by atoms with Gasteiger partial charge in [-0.05, 0) is 23.6 Å². The number of carbonyl (C=O) groups is 1. The number of aromatic hydroxyl groups is 1. The van der Waals surface area contributed by atoms with Crippen LogP contribution in [0.3, 0.4) is 0 Å². The Labute approximate surface area is 100 Å². The lowest BCUT2D eigenvalue weighted by molar-refractivity contribution is 0.0475. The summed E-state index contributed by atoms with van der Waals surface area (Å²) >= 11 is 0. The van der Waals surface area contributed by atoms with Gasteiger partial charge in [-0.2, -0.15) is 0 Å². The lowest BCUT2D eigenvalue weighted by Gasteiger charge is -2.20. The molecule has 0 radical (unpaired) electrons. The molecule has 1 aromatic carbocycles. The first kappa shape index (κ1) is 11.9. The van der Waals surface area contributed by atoms with Gasteiger partial charge in [0.15, 0.2) is 0 Å². The average molecular weight is 236 g/mol. The summed E-state index contributed by atoms with van der Waals surface area (Å²) in [5, 5.41) is 9.89. The second-order valence-electron chi connectivity index (χ2n) is 4.09. The largest absolute Gasteiger partial charge is 0.507 e. The quantitative estimate of drug-likeness (QED) is 0.817. The van der Waals surface area contributed by atoms with Crippen molar-refractivity contribution in [2.75, 3.05) is 13.7 Å². The van der Waals surface area contributed by atoms with Crippen molar-refractivity contribution in [3.8, 4) is 5.75 Å². The van der Waals surface area contributed by atoms with E-state index in [9.17, 15) is 9.90 Å². The van der Waals surface area contributed by atoms with Crippen LogP contribution in [0.2, 0.25) is 0 Å². The maximum absolute atomic E-state index is 11.5. The van der Waals surface area contributed by atoms with E-state index in [4.69, 9.17) is 9.47 Å². The second-order valence-corrected chi connectivity index (χ2v) is 4.09. The Morgan fingerprint density at radius 1 is 1.53 bits per heavy atom. The molecule has 0 aliphatic carbocycles. The third-order valence-electron chi connectivity index (χ3n) is 3.06. The van der Waals surface area contributed by atoms with E-state index in [1.165, 1.54) is 0 Å². The molecule has 0 aromatic heterocycles. The molecule has 1 unspecified atom stereocenters. The van der Waals surface area contributed by atoms with Crippen molar-refractivity contribution in [3.05, 3.63) is 28.8 Å². The van der Waals surface area contributed by atoms with E-state index >= 15 is 0 Å². The first-order valence-electron chi connectivity index (χ1n) is 5.73. The van der Waals surface area contributed by atoms with Gasteiger partial charge < -0.3 is 14.6 Å². The van der Waals surface area contributed by atoms with E-state index in [2.05, 4.69) is 0 Å². The third kappa shape index (κ3) is 2.13. The molecule has 1 aromatic rings. The molecule has 0 fully saturated rings. The molecule has 0 amide bonds. The number of benzene rings is 1. The molecule has 4 nitrogen and oxygen atoms in total. The van der Waals surface area contributed by atoms with Gasteiger partial charge in [-0.1, -0.05) is 13.0 Å². The van der Waals surface area contributed by atoms with E-state index in [-0.39, 0.29) is 11.9 Å². The van der Waals surface area contributed by atoms with E-state index in [1.54, 1.807) is 13.2 Å². The van der Waals surface area contributed by atoms with Crippen molar-refractivity contribution in [2.45, 2.75) is 25.9 Å². The van der Waals surface area contributed by atoms with E-state index in [0.29, 0.717) is 18.6 Å². The van der Waals surface area contributed by atoms with Crippen molar-refractivity contribution < 1.29 is 19.4 Å². The summed E-state index contributed by atoms with van der Waals surface area (Å²) in [4.78, 5) is 11.5. The first-order chi connectivity index (χ1) is 8.17. The summed E-state index contributed by atoms with van der Waals surface area (Å²) in [6, 6.07) is 3.51. The fourth-order valence-electron chi connectivity index (χ4n) is 2.19. The first-order valence-corrected chi connectivity index (χ1v) is 5.73. The Balaban J connectivity index is 2.46. The Morgan fingerprint density at radius 2 is 2.29 bits per heavy atom. The van der Waals surface area contributed by atoms with Crippen molar-refractivity contribution in [3.63, 3.8) is 0 Å². The van der Waals surface area contributed by atoms with Crippen molar-refractivity contribution >= 4 is 5.97 Å². The number of carbonyl (C=O) groups excluding carboxylic acids is 1. The number of fused-ring (bicyclic) bond motifs is 1. The molecule has 1 N–H and O–H groups in total. The predicted molar refractivity (Wildman–Crippen MR) is 62.1 cm³/mol. The maximum Gasteiger partial charge on any atom is 0.342 e. The van der Waals surface area contributed by atoms with E-state index in [0.717, 1.165) is 17.5 Å². The van der Waals surface area contributed by atoms with Crippen LogP contribution in [0.4, 0.5) is 0 Å². The van der Waals surface area contributed by atoms with Crippen LogP contribution in [-0.2, 0) is 15.9 Å². The Kier molecular flexibility index (Phi) is 3.33. The molecule has 0 saturated carbocycles. The summed E-state index contributed by atoms with van der Waals surface area (Å²) in [6.07, 6.45) is 1.41. The molecule has 1 aliphatic rings. The molecule has 1 aliphatic heterocycles. The van der Waals surface area contributed by atoms with Gasteiger partial charge in [-0.3, -0.25) is 0 Å². The highest BCUT2D eigenvalue weighted by Gasteiger charge is 2.24. The van der Waals surface area contributed by atoms with Crippen LogP contribution in [0, 0.1) is 0 Å². The Hall–Kier alpha value is -1.55. The van der Waals surface area contributed by atoms with Crippen LogP contribution in [-0.4, -0.2) is 24.8 Å². The van der Waals surface area contributed by atoms with Gasteiger partial charge in [0.1, 0.15) is 11.3 Å². The lowest BCUT2D eigenvalue weighted by atomic mass is 9.95. The molecule has 92 valence electrons. The van der Waals surface area contributed by atoms with Gasteiger partial charge in [0.2, 0.25) is 0 Å². The topological polar surface area (TPSA) is 55.8 Å². The van der Waals surface area contributed by atoms with Crippen LogP contribution < -0.4 is 0 Å². The standard InChI is InChI=1S/C13H16O4/c1-3-11(16-2)9-6-8-4-5-17-13(15)12(8)10(14)7-9/h6-7,11,14H,3-5H2,1-2H3. The van der Waals surface area contributed by atoms with Crippen molar-refractivity contribution in [1.29, 1.82) is 0 Å². The fourth-order valence-corrected chi connectivity index (χ4v) is 2.19. The molecular formula is C13H16O4. The summed E-state index contributed by atoms with van der Waals surface area (Å²) in [5.74, 6) is -0.460. The highest BCUT2D eigenvalue weighted by atomic mass is 16.5. The number of hydrogen-bond donors (Lipinski definition) is 1. The average Bonchev–Trinajstić information content (AvgIpc) is 2.30. The van der Waals surface area contributed by atoms with Crippen LogP contribution >= 0.6 is 0 Å². The van der Waals surface area contributed by atoms with Gasteiger partial charge in [-0.25, -0.2) is 4.79 Å². The Bertz CT molecular complexity index is 435. The summed E-state index contributed by atoms with van der Waals surface area (Å²) in [5.41, 5.74) is 2.04. The maximum atomic E-state index is 11.5. The lowest BCUT2D eigenvalue weighted by Crippen LogP contribution is -2.18. The number of ether oxygens (including phenoxy) is 2. The molecule has 0 spiro atoms. The van der Waals surface area contributed by atoms with Gasteiger partial charge in [0.05, 0.1) is 12.7 Å². The molecule has 2 rings (SSSR count). The van der Waals surface area contributed by atoms with Gasteiger partial charge in [-0.15, -0.1) is 0 Å². The molecule has 17 heavy (non-hydrogen) atoms. The molecule has 1 heterocycles. The minimum Gasteiger partial charge on any atom is -0.507 e. The van der Waals surface area contributed by atoms with E-state index < -0.39 is 5.97 Å². The second kappa shape index (κ2) is 4.75. The van der Waals surface area contributed by atoms with Gasteiger partial charge >= 0.3 is 5.97 Å². The van der Waals surface area contributed by atoms with E-state index in [1.807, 2.05) is 13.0 Å². The third-order valence-corrected chi connectivity index (χ3v) is 3.06. The number of phenols is 1. The smallest absolute Gasteiger partial charge is 0.342 e. The zero-order chi connectivity index (χ0) is 12.4. The number of cyclic esters (lactones) is 1. The summed E-state index contributed by atoms with van der Waals surface area (Å²) < 4.78 is 10.2. The minimum absolute atomic E-state index is 0.0160. The normalized spacial score (nSPS) is 16.2. The number of methoxy groups -OCH3 is 1. The van der Waals surface area contributed by atoms with Crippen molar-refractivity contribution in [1.82, 2.24) is 0 Å². The summed E-state index contributed by atoms with van der Waals surface area (Å²) in [6.45, 7) is 2.39. The predicted octanol–water partition coefficient (Wildman–Crippen LogP) is 2.20. The summed E-state index contributed by atoms with van der Waals surface area (Å²) in [7, 11) is 1.64. The van der Waals surface area contributed by atoms with Crippen LogP contribution in [0.5, 0.6) is 5.75 Å². The molecule has 1 atom stereocenters. The molecule has 4 heteroatoms. The highest BCUT2D eigenvalue weighted by molar-refractivity contribution is 5.95. The van der Waals surface area contributed by atoms with Crippen LogP contribution in [0.25, 0.3) is 0 Å². The van der Waals surface area contributed by atoms with Gasteiger partial charge in [0, 0.05) is 13.5 Å². The molecule has 0 bridgehead atoms. The van der Waals surface area contributed by atoms with Crippen molar-refractivity contribution in [2.24, 2.45) is 0 Å². The molecule has 0 saturated heterocycles. The number of phenolic OH excluding ortho intramolecular Hbond substituents is 1. The zero-order valence-electron chi connectivity index (χ0n) is 10.0. The fraction of sp³-hybridized carbons (Fsp3) is 0.462. The Morgan fingerprint density at radius 3 is 2.94 bits per heavy atom. The number of hydrogen-bond acceptors (Lipinski definition) is 4. The minimum atomic E-state index is -0.444. The molecular weight excluding hydrogens is 220 g/mol. The number of rotatable bonds is 3.